The quantitative estimate of drug-likeness (QED) is 0.877. The fourth-order valence-corrected chi connectivity index (χ4v) is 3.33. The van der Waals surface area contributed by atoms with Crippen LogP contribution in [0, 0.1) is 0 Å². The molecule has 1 atom stereocenters. The Hall–Kier alpha value is -1.56. The summed E-state index contributed by atoms with van der Waals surface area (Å²) in [5.74, 6) is 0.916. The Labute approximate surface area is 125 Å². The molecule has 6 nitrogen and oxygen atoms in total. The van der Waals surface area contributed by atoms with Crippen molar-refractivity contribution in [3.05, 3.63) is 18.2 Å². The van der Waals surface area contributed by atoms with E-state index >= 15 is 0 Å². The first-order valence-electron chi connectivity index (χ1n) is 8.01. The average molecular weight is 291 g/mol. The molecule has 2 amide bonds. The second-order valence-corrected chi connectivity index (χ2v) is 6.16. The molecule has 21 heavy (non-hydrogen) atoms. The van der Waals surface area contributed by atoms with E-state index in [0.29, 0.717) is 18.6 Å². The molecule has 3 rings (SSSR count). The second-order valence-electron chi connectivity index (χ2n) is 6.16. The maximum absolute atomic E-state index is 12.0. The number of nitrogens with one attached hydrogen (secondary N) is 2. The molecule has 0 spiro atoms. The zero-order valence-corrected chi connectivity index (χ0v) is 12.7. The molecule has 1 aromatic heterocycles. The Morgan fingerprint density at radius 3 is 3.05 bits per heavy atom. The van der Waals surface area contributed by atoms with E-state index < -0.39 is 0 Å². The molecule has 1 unspecified atom stereocenters. The van der Waals surface area contributed by atoms with Gasteiger partial charge in [-0.25, -0.2) is 9.78 Å². The van der Waals surface area contributed by atoms with Crippen LogP contribution in [0.1, 0.15) is 32.0 Å². The first-order chi connectivity index (χ1) is 10.2. The first-order valence-corrected chi connectivity index (χ1v) is 8.01. The lowest BCUT2D eigenvalue weighted by Gasteiger charge is -2.49. The van der Waals surface area contributed by atoms with Crippen LogP contribution in [-0.4, -0.2) is 64.1 Å². The minimum Gasteiger partial charge on any atom is -0.349 e. The van der Waals surface area contributed by atoms with Gasteiger partial charge in [0, 0.05) is 50.5 Å². The Kier molecular flexibility index (Phi) is 4.43. The molecular weight excluding hydrogens is 266 g/mol. The summed E-state index contributed by atoms with van der Waals surface area (Å²) in [4.78, 5) is 23.7. The van der Waals surface area contributed by atoms with Gasteiger partial charge in [0.1, 0.15) is 5.82 Å². The topological polar surface area (TPSA) is 64.3 Å². The van der Waals surface area contributed by atoms with Crippen LogP contribution in [0.5, 0.6) is 0 Å². The molecule has 1 aromatic rings. The van der Waals surface area contributed by atoms with E-state index in [4.69, 9.17) is 0 Å². The van der Waals surface area contributed by atoms with Crippen molar-refractivity contribution in [3.8, 4) is 0 Å². The minimum atomic E-state index is 0.0578. The number of imidazole rings is 1. The van der Waals surface area contributed by atoms with Crippen molar-refractivity contribution >= 4 is 6.03 Å². The van der Waals surface area contributed by atoms with Crippen LogP contribution in [0.25, 0.3) is 0 Å². The molecule has 116 valence electrons. The summed E-state index contributed by atoms with van der Waals surface area (Å²) >= 11 is 0. The highest BCUT2D eigenvalue weighted by molar-refractivity contribution is 5.75. The molecule has 0 saturated carbocycles. The number of piperidine rings is 1. The van der Waals surface area contributed by atoms with Gasteiger partial charge in [0.15, 0.2) is 0 Å². The Bertz CT molecular complexity index is 455. The van der Waals surface area contributed by atoms with Gasteiger partial charge >= 0.3 is 6.03 Å². The molecule has 2 aliphatic heterocycles. The van der Waals surface area contributed by atoms with E-state index in [0.717, 1.165) is 25.3 Å². The maximum Gasteiger partial charge on any atom is 0.317 e. The van der Waals surface area contributed by atoms with E-state index in [1.807, 2.05) is 4.90 Å². The normalized spacial score (nSPS) is 23.9. The summed E-state index contributed by atoms with van der Waals surface area (Å²) < 4.78 is 0. The SMILES string of the molecule is CC1CCCCN1C1CN(C(=O)NCCc2ncc[nH]2)C1. The highest BCUT2D eigenvalue weighted by atomic mass is 16.2. The smallest absolute Gasteiger partial charge is 0.317 e. The molecule has 0 aromatic carbocycles. The third kappa shape index (κ3) is 3.37. The predicted molar refractivity (Wildman–Crippen MR) is 81.1 cm³/mol. The van der Waals surface area contributed by atoms with Crippen LogP contribution < -0.4 is 5.32 Å². The summed E-state index contributed by atoms with van der Waals surface area (Å²) in [5.41, 5.74) is 0. The van der Waals surface area contributed by atoms with Crippen LogP contribution in [0.3, 0.4) is 0 Å². The van der Waals surface area contributed by atoms with Gasteiger partial charge in [-0.2, -0.15) is 0 Å². The summed E-state index contributed by atoms with van der Waals surface area (Å²) in [6, 6.07) is 1.30. The molecular formula is C15H25N5O. The molecule has 2 N–H and O–H groups in total. The molecule has 2 aliphatic rings. The molecule has 2 fully saturated rings. The van der Waals surface area contributed by atoms with Crippen molar-refractivity contribution in [1.82, 2.24) is 25.1 Å². The Morgan fingerprint density at radius 1 is 1.48 bits per heavy atom. The van der Waals surface area contributed by atoms with Gasteiger partial charge in [0.2, 0.25) is 0 Å². The molecule has 2 saturated heterocycles. The number of hydrogen-bond acceptors (Lipinski definition) is 3. The number of H-pyrrole nitrogens is 1. The summed E-state index contributed by atoms with van der Waals surface area (Å²) in [6.07, 6.45) is 8.23. The average Bonchev–Trinajstić information content (AvgIpc) is 2.92. The van der Waals surface area contributed by atoms with Crippen LogP contribution in [0.15, 0.2) is 12.4 Å². The number of amides is 2. The fraction of sp³-hybridized carbons (Fsp3) is 0.733. The van der Waals surface area contributed by atoms with Crippen molar-refractivity contribution in [2.75, 3.05) is 26.2 Å². The number of nitrogens with zero attached hydrogens (tertiary/aromatic N) is 3. The zero-order valence-electron chi connectivity index (χ0n) is 12.7. The van der Waals surface area contributed by atoms with Gasteiger partial charge in [-0.3, -0.25) is 4.90 Å². The van der Waals surface area contributed by atoms with E-state index in [9.17, 15) is 4.79 Å². The predicted octanol–water partition coefficient (Wildman–Crippen LogP) is 1.22. The van der Waals surface area contributed by atoms with Crippen LogP contribution in [-0.2, 0) is 6.42 Å². The number of aromatic nitrogens is 2. The van der Waals surface area contributed by atoms with E-state index in [1.165, 1.54) is 25.8 Å². The number of likely N-dealkylation sites (tertiary alicyclic amines) is 2. The highest BCUT2D eigenvalue weighted by Crippen LogP contribution is 2.24. The first kappa shape index (κ1) is 14.4. The molecule has 3 heterocycles. The van der Waals surface area contributed by atoms with Crippen molar-refractivity contribution in [3.63, 3.8) is 0 Å². The van der Waals surface area contributed by atoms with Crippen molar-refractivity contribution < 1.29 is 4.79 Å². The lowest BCUT2D eigenvalue weighted by atomic mass is 9.98. The standard InChI is InChI=1S/C15H25N5O/c1-12-4-2-3-9-20(12)13-10-19(11-13)15(21)18-6-5-14-16-7-8-17-14/h7-8,12-13H,2-6,9-11H2,1H3,(H,16,17)(H,18,21). The van der Waals surface area contributed by atoms with Gasteiger partial charge in [-0.05, 0) is 26.3 Å². The fourth-order valence-electron chi connectivity index (χ4n) is 3.33. The van der Waals surface area contributed by atoms with Crippen molar-refractivity contribution in [2.45, 2.75) is 44.7 Å². The van der Waals surface area contributed by atoms with Crippen molar-refractivity contribution in [1.29, 1.82) is 0 Å². The Balaban J connectivity index is 1.36. The number of rotatable bonds is 4. The lowest BCUT2D eigenvalue weighted by Crippen LogP contribution is -2.65. The highest BCUT2D eigenvalue weighted by Gasteiger charge is 2.37. The number of carbonyl (C=O) groups excluding carboxylic acids is 1. The third-order valence-electron chi connectivity index (χ3n) is 4.67. The van der Waals surface area contributed by atoms with E-state index in [2.05, 4.69) is 27.1 Å². The largest absolute Gasteiger partial charge is 0.349 e. The summed E-state index contributed by atoms with van der Waals surface area (Å²) in [7, 11) is 0. The summed E-state index contributed by atoms with van der Waals surface area (Å²) in [6.45, 7) is 5.88. The minimum absolute atomic E-state index is 0.0578. The zero-order chi connectivity index (χ0) is 14.7. The van der Waals surface area contributed by atoms with Gasteiger partial charge < -0.3 is 15.2 Å². The molecule has 0 aliphatic carbocycles. The third-order valence-corrected chi connectivity index (χ3v) is 4.67. The molecule has 0 bridgehead atoms. The van der Waals surface area contributed by atoms with Gasteiger partial charge in [0.25, 0.3) is 0 Å². The number of carbonyl (C=O) groups is 1. The number of hydrogen-bond donors (Lipinski definition) is 2. The lowest BCUT2D eigenvalue weighted by molar-refractivity contribution is 0.0170. The molecule has 6 heteroatoms. The number of urea groups is 1. The van der Waals surface area contributed by atoms with Crippen LogP contribution in [0.2, 0.25) is 0 Å². The van der Waals surface area contributed by atoms with E-state index in [1.54, 1.807) is 12.4 Å². The van der Waals surface area contributed by atoms with E-state index in [-0.39, 0.29) is 6.03 Å². The monoisotopic (exact) mass is 291 g/mol. The van der Waals surface area contributed by atoms with Crippen molar-refractivity contribution in [2.24, 2.45) is 0 Å². The second kappa shape index (κ2) is 6.47. The number of aromatic amines is 1. The van der Waals surface area contributed by atoms with Gasteiger partial charge in [-0.1, -0.05) is 6.42 Å². The molecule has 0 radical (unpaired) electrons. The van der Waals surface area contributed by atoms with Crippen LogP contribution in [0.4, 0.5) is 4.79 Å². The Morgan fingerprint density at radius 2 is 2.33 bits per heavy atom. The van der Waals surface area contributed by atoms with Gasteiger partial charge in [-0.15, -0.1) is 0 Å². The maximum atomic E-state index is 12.0. The summed E-state index contributed by atoms with van der Waals surface area (Å²) in [5, 5.41) is 2.97. The van der Waals surface area contributed by atoms with Gasteiger partial charge in [0.05, 0.1) is 0 Å². The van der Waals surface area contributed by atoms with Crippen LogP contribution >= 0.6 is 0 Å².